The van der Waals surface area contributed by atoms with Gasteiger partial charge in [-0.2, -0.15) is 0 Å². The molecule has 0 aliphatic carbocycles. The number of nitrogens with zero attached hydrogens (tertiary/aromatic N) is 2. The van der Waals surface area contributed by atoms with Crippen molar-refractivity contribution in [3.63, 3.8) is 0 Å². The Morgan fingerprint density at radius 2 is 1.83 bits per heavy atom. The molecule has 0 saturated carbocycles. The second kappa shape index (κ2) is 9.14. The molecule has 2 saturated heterocycles. The van der Waals surface area contributed by atoms with Crippen LogP contribution in [0.15, 0.2) is 47.4 Å². The van der Waals surface area contributed by atoms with Gasteiger partial charge in [0.25, 0.3) is 11.1 Å². The Bertz CT molecular complexity index is 984. The molecule has 0 spiro atoms. The van der Waals surface area contributed by atoms with Gasteiger partial charge in [-0.05, 0) is 85.1 Å². The Kier molecular flexibility index (Phi) is 6.35. The van der Waals surface area contributed by atoms with E-state index in [1.54, 1.807) is 24.3 Å². The summed E-state index contributed by atoms with van der Waals surface area (Å²) in [6, 6.07) is 13.2. The van der Waals surface area contributed by atoms with Gasteiger partial charge in [0.2, 0.25) is 0 Å². The molecule has 0 bridgehead atoms. The van der Waals surface area contributed by atoms with Gasteiger partial charge in [0.15, 0.2) is 0 Å². The molecule has 2 aliphatic rings. The molecule has 0 N–H and O–H groups in total. The number of benzene rings is 2. The minimum Gasteiger partial charge on any atom is -0.492 e. The van der Waals surface area contributed by atoms with Gasteiger partial charge in [-0.25, -0.2) is 0 Å². The number of aryl methyl sites for hydroxylation is 1. The van der Waals surface area contributed by atoms with Crippen molar-refractivity contribution in [1.82, 2.24) is 4.90 Å². The summed E-state index contributed by atoms with van der Waals surface area (Å²) in [4.78, 5) is 29.1. The third-order valence-corrected chi connectivity index (χ3v) is 6.44. The summed E-state index contributed by atoms with van der Waals surface area (Å²) in [5, 5.41) is 0.361. The number of hydrogen-bond donors (Lipinski definition) is 0. The fourth-order valence-electron chi connectivity index (χ4n) is 3.61. The van der Waals surface area contributed by atoms with Crippen molar-refractivity contribution in [3.8, 4) is 5.75 Å². The van der Waals surface area contributed by atoms with Crippen LogP contribution in [-0.2, 0) is 4.79 Å². The lowest BCUT2D eigenvalue weighted by Crippen LogP contribution is -2.32. The minimum atomic E-state index is -0.271. The average molecular weight is 443 g/mol. The monoisotopic (exact) mass is 442 g/mol. The highest BCUT2D eigenvalue weighted by Gasteiger charge is 2.34. The van der Waals surface area contributed by atoms with Gasteiger partial charge in [0.05, 0.1) is 11.4 Å². The van der Waals surface area contributed by atoms with Crippen molar-refractivity contribution in [2.24, 2.45) is 0 Å². The minimum absolute atomic E-state index is 0.206. The number of imide groups is 1. The summed E-state index contributed by atoms with van der Waals surface area (Å²) >= 11 is 6.84. The molecule has 0 unspecified atom stereocenters. The maximum absolute atomic E-state index is 12.7. The quantitative estimate of drug-likeness (QED) is 0.563. The fourth-order valence-corrected chi connectivity index (χ4v) is 4.60. The number of halogens is 1. The third-order valence-electron chi connectivity index (χ3n) is 5.28. The van der Waals surface area contributed by atoms with Gasteiger partial charge in [-0.3, -0.25) is 14.5 Å². The van der Waals surface area contributed by atoms with E-state index in [-0.39, 0.29) is 24.3 Å². The van der Waals surface area contributed by atoms with E-state index in [0.717, 1.165) is 36.0 Å². The van der Waals surface area contributed by atoms with Gasteiger partial charge in [0, 0.05) is 23.8 Å². The highest BCUT2D eigenvalue weighted by molar-refractivity contribution is 8.18. The number of ether oxygens (including phenoxy) is 1. The predicted molar refractivity (Wildman–Crippen MR) is 122 cm³/mol. The van der Waals surface area contributed by atoms with E-state index >= 15 is 0 Å². The van der Waals surface area contributed by atoms with Gasteiger partial charge in [0.1, 0.15) is 12.4 Å². The summed E-state index contributed by atoms with van der Waals surface area (Å²) in [5.41, 5.74) is 3.27. The van der Waals surface area contributed by atoms with Crippen LogP contribution in [-0.4, -0.2) is 42.3 Å². The molecule has 0 radical (unpaired) electrons. The molecule has 2 aromatic rings. The van der Waals surface area contributed by atoms with Crippen LogP contribution in [0.1, 0.15) is 24.0 Å². The largest absolute Gasteiger partial charge is 0.492 e. The van der Waals surface area contributed by atoms with Crippen molar-refractivity contribution < 1.29 is 14.3 Å². The smallest absolute Gasteiger partial charge is 0.293 e. The van der Waals surface area contributed by atoms with Gasteiger partial charge in [-0.15, -0.1) is 0 Å². The summed E-state index contributed by atoms with van der Waals surface area (Å²) in [5.74, 6) is 0.378. The number of hydrogen-bond acceptors (Lipinski definition) is 5. The molecule has 2 amide bonds. The zero-order valence-electron chi connectivity index (χ0n) is 16.8. The maximum Gasteiger partial charge on any atom is 0.293 e. The van der Waals surface area contributed by atoms with E-state index < -0.39 is 0 Å². The first-order chi connectivity index (χ1) is 14.5. The number of thioether (sulfide) groups is 1. The molecule has 30 heavy (non-hydrogen) atoms. The SMILES string of the molecule is Cc1cc(N2CCCC2)ccc1/C=C1\SC(=O)N(CCOc2ccc(Cl)cc2)C1=O. The van der Waals surface area contributed by atoms with E-state index in [9.17, 15) is 9.59 Å². The molecule has 2 aromatic carbocycles. The van der Waals surface area contributed by atoms with Crippen molar-refractivity contribution in [2.45, 2.75) is 19.8 Å². The van der Waals surface area contributed by atoms with Crippen molar-refractivity contribution in [2.75, 3.05) is 31.1 Å². The van der Waals surface area contributed by atoms with Crippen LogP contribution in [0, 0.1) is 6.92 Å². The molecule has 2 fully saturated rings. The first kappa shape index (κ1) is 20.8. The Labute approximate surface area is 185 Å². The number of amides is 2. The molecular weight excluding hydrogens is 420 g/mol. The molecule has 0 atom stereocenters. The van der Waals surface area contributed by atoms with Crippen LogP contribution in [0.2, 0.25) is 5.02 Å². The van der Waals surface area contributed by atoms with E-state index in [1.165, 1.54) is 23.4 Å². The molecule has 4 rings (SSSR count). The summed E-state index contributed by atoms with van der Waals surface area (Å²) in [6.07, 6.45) is 4.28. The number of anilines is 1. The highest BCUT2D eigenvalue weighted by Crippen LogP contribution is 2.33. The zero-order valence-corrected chi connectivity index (χ0v) is 18.3. The summed E-state index contributed by atoms with van der Waals surface area (Å²) < 4.78 is 5.62. The van der Waals surface area contributed by atoms with Gasteiger partial charge >= 0.3 is 0 Å². The standard InChI is InChI=1S/C23H23ClN2O3S/c1-16-14-19(25-10-2-3-11-25)7-4-17(16)15-21-22(27)26(23(28)30-21)12-13-29-20-8-5-18(24)6-9-20/h4-9,14-15H,2-3,10-13H2,1H3/b21-15-. The molecule has 0 aromatic heterocycles. The number of carbonyl (C=O) groups excluding carboxylic acids is 2. The second-order valence-corrected chi connectivity index (χ2v) is 8.80. The maximum atomic E-state index is 12.7. The van der Waals surface area contributed by atoms with Crippen molar-refractivity contribution in [3.05, 3.63) is 63.5 Å². The Balaban J connectivity index is 1.40. The lowest BCUT2D eigenvalue weighted by molar-refractivity contribution is -0.123. The fraction of sp³-hybridized carbons (Fsp3) is 0.304. The topological polar surface area (TPSA) is 49.9 Å². The summed E-state index contributed by atoms with van der Waals surface area (Å²) in [6.45, 7) is 4.66. The van der Waals surface area contributed by atoms with Crippen LogP contribution >= 0.6 is 23.4 Å². The van der Waals surface area contributed by atoms with Crippen LogP contribution in [0.25, 0.3) is 6.08 Å². The van der Waals surface area contributed by atoms with E-state index in [1.807, 2.05) is 19.1 Å². The normalized spacial score (nSPS) is 18.0. The molecule has 2 aliphatic heterocycles. The Morgan fingerprint density at radius 3 is 2.53 bits per heavy atom. The summed E-state index contributed by atoms with van der Waals surface area (Å²) in [7, 11) is 0. The van der Waals surface area contributed by atoms with Crippen molar-refractivity contribution in [1.29, 1.82) is 0 Å². The molecular formula is C23H23ClN2O3S. The van der Waals surface area contributed by atoms with Crippen LogP contribution in [0.3, 0.4) is 0 Å². The van der Waals surface area contributed by atoms with Crippen LogP contribution in [0.4, 0.5) is 10.5 Å². The van der Waals surface area contributed by atoms with Crippen molar-refractivity contribution >= 4 is 46.3 Å². The second-order valence-electron chi connectivity index (χ2n) is 7.37. The predicted octanol–water partition coefficient (Wildman–Crippen LogP) is 5.36. The molecule has 7 heteroatoms. The molecule has 5 nitrogen and oxygen atoms in total. The lowest BCUT2D eigenvalue weighted by atomic mass is 10.1. The highest BCUT2D eigenvalue weighted by atomic mass is 35.5. The third kappa shape index (κ3) is 4.65. The van der Waals surface area contributed by atoms with E-state index in [2.05, 4.69) is 17.0 Å². The zero-order chi connectivity index (χ0) is 21.1. The van der Waals surface area contributed by atoms with E-state index in [4.69, 9.17) is 16.3 Å². The average Bonchev–Trinajstić information content (AvgIpc) is 3.35. The molecule has 2 heterocycles. The van der Waals surface area contributed by atoms with E-state index in [0.29, 0.717) is 15.7 Å². The first-order valence-electron chi connectivity index (χ1n) is 10.0. The lowest BCUT2D eigenvalue weighted by Gasteiger charge is -2.18. The van der Waals surface area contributed by atoms with Crippen LogP contribution in [0.5, 0.6) is 5.75 Å². The van der Waals surface area contributed by atoms with Crippen LogP contribution < -0.4 is 9.64 Å². The molecule has 156 valence electrons. The number of rotatable bonds is 6. The van der Waals surface area contributed by atoms with Gasteiger partial charge in [-0.1, -0.05) is 17.7 Å². The Hall–Kier alpha value is -2.44. The van der Waals surface area contributed by atoms with Gasteiger partial charge < -0.3 is 9.64 Å². The Morgan fingerprint density at radius 1 is 1.10 bits per heavy atom. The number of carbonyl (C=O) groups is 2. The first-order valence-corrected chi connectivity index (χ1v) is 11.2.